The lowest BCUT2D eigenvalue weighted by atomic mass is 10.2. The standard InChI is InChI=1S/C10H15Cl2N3O/c1-15(5-3-2-4-6-16)8-7-9(11)13-14-10(8)12/h7,16H,2-6H2,1H3. The van der Waals surface area contributed by atoms with Crippen LogP contribution in [0, 0.1) is 0 Å². The number of anilines is 1. The molecule has 6 heteroatoms. The molecule has 0 aromatic carbocycles. The number of unbranched alkanes of at least 4 members (excludes halogenated alkanes) is 2. The molecule has 4 nitrogen and oxygen atoms in total. The summed E-state index contributed by atoms with van der Waals surface area (Å²) in [6.07, 6.45) is 2.81. The molecule has 0 saturated carbocycles. The van der Waals surface area contributed by atoms with Crippen LogP contribution < -0.4 is 4.90 Å². The fraction of sp³-hybridized carbons (Fsp3) is 0.600. The van der Waals surface area contributed by atoms with Crippen LogP contribution in [0.5, 0.6) is 0 Å². The second kappa shape index (κ2) is 6.89. The summed E-state index contributed by atoms with van der Waals surface area (Å²) in [5.74, 6) is 0. The van der Waals surface area contributed by atoms with E-state index in [4.69, 9.17) is 28.3 Å². The Morgan fingerprint density at radius 1 is 1.25 bits per heavy atom. The topological polar surface area (TPSA) is 49.2 Å². The van der Waals surface area contributed by atoms with Crippen LogP contribution in [0.2, 0.25) is 10.3 Å². The van der Waals surface area contributed by atoms with Crippen LogP contribution >= 0.6 is 23.2 Å². The van der Waals surface area contributed by atoms with Gasteiger partial charge in [0.25, 0.3) is 0 Å². The highest BCUT2D eigenvalue weighted by molar-refractivity contribution is 6.33. The summed E-state index contributed by atoms with van der Waals surface area (Å²) >= 11 is 11.7. The average Bonchev–Trinajstić information content (AvgIpc) is 2.27. The molecule has 0 fully saturated rings. The Bertz CT molecular complexity index is 336. The fourth-order valence-corrected chi connectivity index (χ4v) is 1.75. The minimum absolute atomic E-state index is 0.243. The van der Waals surface area contributed by atoms with Gasteiger partial charge in [-0.2, -0.15) is 0 Å². The number of hydrogen-bond acceptors (Lipinski definition) is 4. The highest BCUT2D eigenvalue weighted by Crippen LogP contribution is 2.24. The van der Waals surface area contributed by atoms with E-state index in [0.29, 0.717) is 10.3 Å². The van der Waals surface area contributed by atoms with Gasteiger partial charge in [-0.25, -0.2) is 0 Å². The lowest BCUT2D eigenvalue weighted by Gasteiger charge is -2.19. The van der Waals surface area contributed by atoms with E-state index >= 15 is 0 Å². The van der Waals surface area contributed by atoms with Crippen molar-refractivity contribution in [1.29, 1.82) is 0 Å². The maximum Gasteiger partial charge on any atom is 0.175 e. The van der Waals surface area contributed by atoms with Gasteiger partial charge in [0.1, 0.15) is 0 Å². The van der Waals surface area contributed by atoms with Crippen molar-refractivity contribution >= 4 is 28.9 Å². The Morgan fingerprint density at radius 2 is 2.00 bits per heavy atom. The molecule has 1 aromatic heterocycles. The number of aliphatic hydroxyl groups excluding tert-OH is 1. The highest BCUT2D eigenvalue weighted by Gasteiger charge is 2.08. The summed E-state index contributed by atoms with van der Waals surface area (Å²) in [4.78, 5) is 1.99. The monoisotopic (exact) mass is 263 g/mol. The van der Waals surface area contributed by atoms with Gasteiger partial charge >= 0.3 is 0 Å². The van der Waals surface area contributed by atoms with Crippen molar-refractivity contribution in [3.05, 3.63) is 16.4 Å². The van der Waals surface area contributed by atoms with Gasteiger partial charge in [-0.3, -0.25) is 0 Å². The van der Waals surface area contributed by atoms with Crippen LogP contribution in [0.25, 0.3) is 0 Å². The van der Waals surface area contributed by atoms with Gasteiger partial charge < -0.3 is 10.0 Å². The molecule has 0 aliphatic rings. The first-order valence-corrected chi connectivity index (χ1v) is 5.91. The average molecular weight is 264 g/mol. The zero-order valence-corrected chi connectivity index (χ0v) is 10.7. The van der Waals surface area contributed by atoms with E-state index in [9.17, 15) is 0 Å². The van der Waals surface area contributed by atoms with Gasteiger partial charge in [-0.15, -0.1) is 10.2 Å². The fourth-order valence-electron chi connectivity index (χ4n) is 1.37. The largest absolute Gasteiger partial charge is 0.396 e. The van der Waals surface area contributed by atoms with Gasteiger partial charge in [-0.1, -0.05) is 23.2 Å². The van der Waals surface area contributed by atoms with E-state index in [1.54, 1.807) is 6.07 Å². The summed E-state index contributed by atoms with van der Waals surface area (Å²) in [6, 6.07) is 1.70. The zero-order valence-electron chi connectivity index (χ0n) is 9.16. The zero-order chi connectivity index (χ0) is 12.0. The molecule has 0 unspecified atom stereocenters. The second-order valence-electron chi connectivity index (χ2n) is 3.55. The predicted octanol–water partition coefficient (Wildman–Crippen LogP) is 2.38. The molecule has 0 amide bonds. The van der Waals surface area contributed by atoms with Crippen molar-refractivity contribution in [2.75, 3.05) is 25.1 Å². The van der Waals surface area contributed by atoms with Crippen LogP contribution in [-0.4, -0.2) is 35.5 Å². The van der Waals surface area contributed by atoms with E-state index < -0.39 is 0 Å². The summed E-state index contributed by atoms with van der Waals surface area (Å²) in [6.45, 7) is 1.09. The first kappa shape index (κ1) is 13.5. The van der Waals surface area contributed by atoms with Crippen molar-refractivity contribution in [2.45, 2.75) is 19.3 Å². The van der Waals surface area contributed by atoms with Gasteiger partial charge in [0.2, 0.25) is 0 Å². The Hall–Kier alpha value is -0.580. The van der Waals surface area contributed by atoms with Crippen LogP contribution in [0.3, 0.4) is 0 Å². The Kier molecular flexibility index (Phi) is 5.80. The van der Waals surface area contributed by atoms with Gasteiger partial charge in [0.05, 0.1) is 5.69 Å². The minimum atomic E-state index is 0.243. The van der Waals surface area contributed by atoms with Crippen molar-refractivity contribution in [2.24, 2.45) is 0 Å². The number of aliphatic hydroxyl groups is 1. The summed E-state index contributed by atoms with van der Waals surface area (Å²) in [5, 5.41) is 16.8. The van der Waals surface area contributed by atoms with Crippen molar-refractivity contribution < 1.29 is 5.11 Å². The molecule has 0 bridgehead atoms. The van der Waals surface area contributed by atoms with Crippen molar-refractivity contribution in [3.8, 4) is 0 Å². The number of aromatic nitrogens is 2. The van der Waals surface area contributed by atoms with E-state index in [-0.39, 0.29) is 6.61 Å². The summed E-state index contributed by atoms with van der Waals surface area (Å²) < 4.78 is 0. The third-order valence-corrected chi connectivity index (χ3v) is 2.72. The van der Waals surface area contributed by atoms with Crippen LogP contribution in [0.15, 0.2) is 6.07 Å². The molecule has 1 heterocycles. The summed E-state index contributed by atoms with van der Waals surface area (Å²) in [7, 11) is 1.93. The molecule has 0 saturated heterocycles. The normalized spacial score (nSPS) is 10.5. The van der Waals surface area contributed by atoms with Gasteiger partial charge in [-0.05, 0) is 19.3 Å². The van der Waals surface area contributed by atoms with Gasteiger partial charge in [0.15, 0.2) is 10.3 Å². The molecule has 1 rings (SSSR count). The van der Waals surface area contributed by atoms with E-state index in [1.807, 2.05) is 11.9 Å². The maximum atomic E-state index is 8.66. The predicted molar refractivity (Wildman–Crippen MR) is 66.3 cm³/mol. The Morgan fingerprint density at radius 3 is 2.69 bits per heavy atom. The lowest BCUT2D eigenvalue weighted by Crippen LogP contribution is -2.19. The smallest absolute Gasteiger partial charge is 0.175 e. The molecule has 0 aliphatic heterocycles. The quantitative estimate of drug-likeness (QED) is 0.801. The first-order valence-electron chi connectivity index (χ1n) is 5.16. The molecule has 90 valence electrons. The Balaban J connectivity index is 2.51. The van der Waals surface area contributed by atoms with Crippen LogP contribution in [0.1, 0.15) is 19.3 Å². The molecule has 0 atom stereocenters. The van der Waals surface area contributed by atoms with Gasteiger partial charge in [0, 0.05) is 26.3 Å². The highest BCUT2D eigenvalue weighted by atomic mass is 35.5. The Labute approximate surface area is 105 Å². The number of halogens is 2. The first-order chi connectivity index (χ1) is 7.65. The third kappa shape index (κ3) is 4.12. The SMILES string of the molecule is CN(CCCCCO)c1cc(Cl)nnc1Cl. The van der Waals surface area contributed by atoms with E-state index in [1.165, 1.54) is 0 Å². The minimum Gasteiger partial charge on any atom is -0.396 e. The second-order valence-corrected chi connectivity index (χ2v) is 4.29. The van der Waals surface area contributed by atoms with Crippen LogP contribution in [-0.2, 0) is 0 Å². The lowest BCUT2D eigenvalue weighted by molar-refractivity contribution is 0.283. The molecule has 0 aliphatic carbocycles. The molecule has 1 aromatic rings. The molecular weight excluding hydrogens is 249 g/mol. The summed E-state index contributed by atoms with van der Waals surface area (Å²) in [5.41, 5.74) is 0.783. The van der Waals surface area contributed by atoms with E-state index in [2.05, 4.69) is 10.2 Å². The molecular formula is C10H15Cl2N3O. The molecule has 16 heavy (non-hydrogen) atoms. The number of nitrogens with zero attached hydrogens (tertiary/aromatic N) is 3. The third-order valence-electron chi connectivity index (χ3n) is 2.26. The molecule has 0 radical (unpaired) electrons. The molecule has 0 spiro atoms. The molecule has 1 N–H and O–H groups in total. The van der Waals surface area contributed by atoms with Crippen molar-refractivity contribution in [1.82, 2.24) is 10.2 Å². The van der Waals surface area contributed by atoms with E-state index in [0.717, 1.165) is 31.5 Å². The maximum absolute atomic E-state index is 8.66. The van der Waals surface area contributed by atoms with Crippen LogP contribution in [0.4, 0.5) is 5.69 Å². The van der Waals surface area contributed by atoms with Crippen molar-refractivity contribution in [3.63, 3.8) is 0 Å². The number of hydrogen-bond donors (Lipinski definition) is 1. The number of rotatable bonds is 6.